The average Bonchev–Trinajstić information content (AvgIpc) is 3.32. The van der Waals surface area contributed by atoms with E-state index < -0.39 is 0 Å². The Balaban J connectivity index is 1.38. The molecule has 126 valence electrons. The van der Waals surface area contributed by atoms with Crippen molar-refractivity contribution in [2.24, 2.45) is 17.8 Å². The first-order valence-electron chi connectivity index (χ1n) is 9.85. The molecule has 4 rings (SSSR count). The van der Waals surface area contributed by atoms with E-state index in [0.717, 1.165) is 30.5 Å². The zero-order valence-corrected chi connectivity index (χ0v) is 13.9. The van der Waals surface area contributed by atoms with E-state index in [1.54, 1.807) is 0 Å². The minimum absolute atomic E-state index is 0.506. The molecule has 3 aliphatic heterocycles. The highest BCUT2D eigenvalue weighted by atomic mass is 15.3. The SMILES string of the molecule is C1CCNC2NCC3NC3C2CNCC2CCCCC2CC1. The van der Waals surface area contributed by atoms with Crippen molar-refractivity contribution in [2.75, 3.05) is 26.2 Å². The fourth-order valence-corrected chi connectivity index (χ4v) is 5.22. The smallest absolute Gasteiger partial charge is 0.0629 e. The Hall–Kier alpha value is -0.160. The Morgan fingerprint density at radius 2 is 1.50 bits per heavy atom. The number of piperidine rings is 1. The van der Waals surface area contributed by atoms with Gasteiger partial charge in [0.25, 0.3) is 0 Å². The van der Waals surface area contributed by atoms with Crippen LogP contribution in [0.4, 0.5) is 0 Å². The van der Waals surface area contributed by atoms with Gasteiger partial charge in [-0.25, -0.2) is 0 Å². The molecule has 22 heavy (non-hydrogen) atoms. The molecule has 6 unspecified atom stereocenters. The van der Waals surface area contributed by atoms with Crippen LogP contribution in [0.25, 0.3) is 0 Å². The molecule has 0 radical (unpaired) electrons. The molecule has 6 atom stereocenters. The summed E-state index contributed by atoms with van der Waals surface area (Å²) in [5, 5.41) is 15.0. The molecule has 4 heteroatoms. The zero-order chi connectivity index (χ0) is 14.8. The maximum Gasteiger partial charge on any atom is 0.0629 e. The van der Waals surface area contributed by atoms with Gasteiger partial charge in [0.15, 0.2) is 0 Å². The highest BCUT2D eigenvalue weighted by Crippen LogP contribution is 2.34. The van der Waals surface area contributed by atoms with Gasteiger partial charge in [0.1, 0.15) is 0 Å². The van der Waals surface area contributed by atoms with Crippen LogP contribution in [0.15, 0.2) is 0 Å². The zero-order valence-electron chi connectivity index (χ0n) is 13.9. The van der Waals surface area contributed by atoms with Crippen molar-refractivity contribution in [2.45, 2.75) is 69.6 Å². The molecule has 0 aromatic heterocycles. The molecule has 3 heterocycles. The maximum atomic E-state index is 3.86. The molecule has 1 aliphatic carbocycles. The molecular weight excluding hydrogens is 272 g/mol. The van der Waals surface area contributed by atoms with Gasteiger partial charge in [0.05, 0.1) is 6.17 Å². The van der Waals surface area contributed by atoms with E-state index in [4.69, 9.17) is 0 Å². The Labute approximate surface area is 135 Å². The first kappa shape index (κ1) is 15.4. The molecule has 0 spiro atoms. The Kier molecular flexibility index (Phi) is 5.01. The highest BCUT2D eigenvalue weighted by molar-refractivity contribution is 5.10. The summed E-state index contributed by atoms with van der Waals surface area (Å²) in [4.78, 5) is 0. The van der Waals surface area contributed by atoms with E-state index in [2.05, 4.69) is 21.3 Å². The van der Waals surface area contributed by atoms with Gasteiger partial charge in [-0.05, 0) is 37.8 Å². The van der Waals surface area contributed by atoms with Crippen LogP contribution in [0.2, 0.25) is 0 Å². The topological polar surface area (TPSA) is 58.0 Å². The minimum atomic E-state index is 0.506. The molecule has 0 aromatic carbocycles. The van der Waals surface area contributed by atoms with E-state index in [0.29, 0.717) is 12.1 Å². The molecule has 3 saturated heterocycles. The van der Waals surface area contributed by atoms with Crippen molar-refractivity contribution < 1.29 is 0 Å². The fourth-order valence-electron chi connectivity index (χ4n) is 5.22. The number of nitrogens with one attached hydrogen (secondary N) is 4. The summed E-state index contributed by atoms with van der Waals surface area (Å²) in [6.45, 7) is 4.75. The molecule has 4 fully saturated rings. The van der Waals surface area contributed by atoms with Crippen molar-refractivity contribution in [1.29, 1.82) is 0 Å². The van der Waals surface area contributed by atoms with Crippen LogP contribution < -0.4 is 21.3 Å². The largest absolute Gasteiger partial charge is 0.316 e. The van der Waals surface area contributed by atoms with Gasteiger partial charge in [0.2, 0.25) is 0 Å². The monoisotopic (exact) mass is 306 g/mol. The van der Waals surface area contributed by atoms with Gasteiger partial charge in [-0.2, -0.15) is 0 Å². The lowest BCUT2D eigenvalue weighted by Gasteiger charge is -2.34. The summed E-state index contributed by atoms with van der Waals surface area (Å²) in [6.07, 6.45) is 12.1. The molecule has 4 nitrogen and oxygen atoms in total. The lowest BCUT2D eigenvalue weighted by atomic mass is 9.76. The van der Waals surface area contributed by atoms with Gasteiger partial charge in [0, 0.05) is 31.1 Å². The second kappa shape index (κ2) is 7.16. The molecule has 1 saturated carbocycles. The highest BCUT2D eigenvalue weighted by Gasteiger charge is 2.48. The van der Waals surface area contributed by atoms with E-state index >= 15 is 0 Å². The van der Waals surface area contributed by atoms with Crippen molar-refractivity contribution in [3.8, 4) is 0 Å². The molecular formula is C18H34N4. The van der Waals surface area contributed by atoms with E-state index in [9.17, 15) is 0 Å². The summed E-state index contributed by atoms with van der Waals surface area (Å²) in [5.41, 5.74) is 0. The quantitative estimate of drug-likeness (QED) is 0.512. The lowest BCUT2D eigenvalue weighted by molar-refractivity contribution is 0.205. The number of hydrogen-bond donors (Lipinski definition) is 4. The van der Waals surface area contributed by atoms with Crippen LogP contribution in [0.5, 0.6) is 0 Å². The van der Waals surface area contributed by atoms with Gasteiger partial charge < -0.3 is 16.0 Å². The van der Waals surface area contributed by atoms with Crippen LogP contribution in [-0.2, 0) is 0 Å². The fraction of sp³-hybridized carbons (Fsp3) is 1.00. The van der Waals surface area contributed by atoms with Crippen molar-refractivity contribution in [1.82, 2.24) is 21.3 Å². The standard InChI is InChI=1S/C18H34N4/c1-2-6-13-7-3-4-8-14(13)10-19-11-15-17-16(22-17)12-21-18(15)20-9-5-1/h13-22H,1-12H2. The molecule has 0 amide bonds. The summed E-state index contributed by atoms with van der Waals surface area (Å²) < 4.78 is 0. The molecule has 0 bridgehead atoms. The summed E-state index contributed by atoms with van der Waals surface area (Å²) in [5.74, 6) is 2.66. The van der Waals surface area contributed by atoms with Crippen molar-refractivity contribution in [3.05, 3.63) is 0 Å². The Morgan fingerprint density at radius 3 is 2.41 bits per heavy atom. The predicted molar refractivity (Wildman–Crippen MR) is 90.8 cm³/mol. The van der Waals surface area contributed by atoms with E-state index in [-0.39, 0.29) is 0 Å². The summed E-state index contributed by atoms with van der Waals surface area (Å²) >= 11 is 0. The van der Waals surface area contributed by atoms with Crippen LogP contribution in [0, 0.1) is 17.8 Å². The molecule has 4 N–H and O–H groups in total. The first-order valence-corrected chi connectivity index (χ1v) is 9.85. The van der Waals surface area contributed by atoms with E-state index in [1.165, 1.54) is 71.0 Å². The maximum absolute atomic E-state index is 3.86. The minimum Gasteiger partial charge on any atom is -0.316 e. The van der Waals surface area contributed by atoms with Crippen LogP contribution in [0.3, 0.4) is 0 Å². The van der Waals surface area contributed by atoms with Crippen molar-refractivity contribution in [3.63, 3.8) is 0 Å². The summed E-state index contributed by atoms with van der Waals surface area (Å²) in [6, 6.07) is 1.49. The van der Waals surface area contributed by atoms with Crippen molar-refractivity contribution >= 4 is 0 Å². The summed E-state index contributed by atoms with van der Waals surface area (Å²) in [7, 11) is 0. The third kappa shape index (κ3) is 3.50. The predicted octanol–water partition coefficient (Wildman–Crippen LogP) is 1.43. The normalized spacial score (nSPS) is 46.9. The lowest BCUT2D eigenvalue weighted by Crippen LogP contribution is -2.57. The third-order valence-electron chi connectivity index (χ3n) is 6.65. The van der Waals surface area contributed by atoms with Gasteiger partial charge in [-0.3, -0.25) is 5.32 Å². The van der Waals surface area contributed by atoms with Crippen LogP contribution in [-0.4, -0.2) is 44.4 Å². The first-order chi connectivity index (χ1) is 10.9. The Bertz CT molecular complexity index is 361. The number of hydrogen-bond acceptors (Lipinski definition) is 4. The van der Waals surface area contributed by atoms with Crippen LogP contribution in [0.1, 0.15) is 51.4 Å². The third-order valence-corrected chi connectivity index (χ3v) is 6.65. The second-order valence-corrected chi connectivity index (χ2v) is 8.12. The van der Waals surface area contributed by atoms with Gasteiger partial charge >= 0.3 is 0 Å². The van der Waals surface area contributed by atoms with Gasteiger partial charge in [-0.15, -0.1) is 0 Å². The number of fused-ring (bicyclic) bond motifs is 4. The molecule has 4 aliphatic rings. The average molecular weight is 306 g/mol. The Morgan fingerprint density at radius 1 is 0.682 bits per heavy atom. The second-order valence-electron chi connectivity index (χ2n) is 8.12. The van der Waals surface area contributed by atoms with Crippen LogP contribution >= 0.6 is 0 Å². The number of rotatable bonds is 0. The van der Waals surface area contributed by atoms with E-state index in [1.807, 2.05) is 0 Å². The molecule has 0 aromatic rings. The van der Waals surface area contributed by atoms with Gasteiger partial charge in [-0.1, -0.05) is 38.5 Å².